The molecule has 2 N–H and O–H groups in total. The molecule has 0 aliphatic rings. The minimum atomic E-state index is 0.386. The summed E-state index contributed by atoms with van der Waals surface area (Å²) in [5.74, 6) is 0.386. The molecule has 2 heteroatoms. The first-order chi connectivity index (χ1) is 6.27. The third kappa shape index (κ3) is 12.0. The van der Waals surface area contributed by atoms with Crippen molar-refractivity contribution in [2.24, 2.45) is 5.73 Å². The molecule has 0 bridgehead atoms. The Labute approximate surface area is 84.9 Å². The van der Waals surface area contributed by atoms with Gasteiger partial charge in [0.05, 0.1) is 7.85 Å². The Kier molecular flexibility index (Phi) is 10.1. The predicted molar refractivity (Wildman–Crippen MR) is 61.2 cm³/mol. The summed E-state index contributed by atoms with van der Waals surface area (Å²) in [7, 11) is 5.66. The highest BCUT2D eigenvalue weighted by atomic mass is 14.5. The zero-order valence-electron chi connectivity index (χ0n) is 9.10. The van der Waals surface area contributed by atoms with Crippen LogP contribution in [0.25, 0.3) is 0 Å². The minimum Gasteiger partial charge on any atom is -0.330 e. The molecule has 0 aliphatic carbocycles. The Morgan fingerprint density at radius 2 is 1.38 bits per heavy atom. The van der Waals surface area contributed by atoms with Gasteiger partial charge in [0.2, 0.25) is 0 Å². The van der Waals surface area contributed by atoms with Gasteiger partial charge < -0.3 is 5.73 Å². The lowest BCUT2D eigenvalue weighted by atomic mass is 9.85. The van der Waals surface area contributed by atoms with Crippen molar-refractivity contribution in [1.82, 2.24) is 0 Å². The fraction of sp³-hybridized carbons (Fsp3) is 1.00. The number of nitrogens with two attached hydrogens (primary N) is 1. The molecule has 76 valence electrons. The molecule has 0 saturated carbocycles. The number of rotatable bonds is 9. The van der Waals surface area contributed by atoms with E-state index in [-0.39, 0.29) is 0 Å². The molecule has 0 fully saturated rings. The third-order valence-corrected chi connectivity index (χ3v) is 2.36. The van der Waals surface area contributed by atoms with Crippen molar-refractivity contribution in [2.75, 3.05) is 6.54 Å². The molecular formula is C11H24BN. The van der Waals surface area contributed by atoms with E-state index in [1.165, 1.54) is 51.4 Å². The predicted octanol–water partition coefficient (Wildman–Crippen LogP) is 3.04. The molecule has 1 nitrogen and oxygen atoms in total. The highest BCUT2D eigenvalue weighted by Gasteiger charge is 1.94. The van der Waals surface area contributed by atoms with Crippen LogP contribution >= 0.6 is 0 Å². The average Bonchev–Trinajstić information content (AvgIpc) is 2.09. The van der Waals surface area contributed by atoms with Gasteiger partial charge in [0.15, 0.2) is 0 Å². The summed E-state index contributed by atoms with van der Waals surface area (Å²) in [6.45, 7) is 2.94. The molecular weight excluding hydrogens is 157 g/mol. The molecule has 0 rings (SSSR count). The standard InChI is InChI=1S/C11H24BN/c1-11(12)9-7-5-3-2-4-6-8-10-13/h11H,2-10,13H2,1H3. The highest BCUT2D eigenvalue weighted by Crippen LogP contribution is 2.12. The van der Waals surface area contributed by atoms with E-state index in [9.17, 15) is 0 Å². The number of unbranched alkanes of at least 4 members (excludes halogenated alkanes) is 6. The summed E-state index contributed by atoms with van der Waals surface area (Å²) < 4.78 is 0. The largest absolute Gasteiger partial charge is 0.330 e. The summed E-state index contributed by atoms with van der Waals surface area (Å²) in [5.41, 5.74) is 5.41. The summed E-state index contributed by atoms with van der Waals surface area (Å²) in [6, 6.07) is 0. The molecule has 0 aliphatic heterocycles. The SMILES string of the molecule is [B]C(C)CCCCCCCCCN. The van der Waals surface area contributed by atoms with Gasteiger partial charge in [-0.1, -0.05) is 57.7 Å². The maximum Gasteiger partial charge on any atom is 0.0695 e. The van der Waals surface area contributed by atoms with Crippen LogP contribution in [0.2, 0.25) is 5.82 Å². The second kappa shape index (κ2) is 10.1. The van der Waals surface area contributed by atoms with Crippen molar-refractivity contribution in [2.45, 2.75) is 64.1 Å². The molecule has 0 heterocycles. The van der Waals surface area contributed by atoms with E-state index in [1.54, 1.807) is 0 Å². The monoisotopic (exact) mass is 181 g/mol. The Morgan fingerprint density at radius 1 is 0.923 bits per heavy atom. The summed E-state index contributed by atoms with van der Waals surface area (Å²) in [4.78, 5) is 0. The molecule has 0 amide bonds. The van der Waals surface area contributed by atoms with Gasteiger partial charge in [-0.25, -0.2) is 0 Å². The molecule has 1 unspecified atom stereocenters. The summed E-state index contributed by atoms with van der Waals surface area (Å²) in [6.07, 6.45) is 10.4. The quantitative estimate of drug-likeness (QED) is 0.429. The number of hydrogen-bond acceptors (Lipinski definition) is 1. The summed E-state index contributed by atoms with van der Waals surface area (Å²) in [5, 5.41) is 0. The van der Waals surface area contributed by atoms with E-state index < -0.39 is 0 Å². The van der Waals surface area contributed by atoms with E-state index in [0.717, 1.165) is 6.54 Å². The van der Waals surface area contributed by atoms with E-state index >= 15 is 0 Å². The van der Waals surface area contributed by atoms with Crippen LogP contribution in [-0.2, 0) is 0 Å². The van der Waals surface area contributed by atoms with Crippen LogP contribution in [0.3, 0.4) is 0 Å². The first-order valence-corrected chi connectivity index (χ1v) is 5.73. The Morgan fingerprint density at radius 3 is 1.85 bits per heavy atom. The highest BCUT2D eigenvalue weighted by molar-refractivity contribution is 6.11. The van der Waals surface area contributed by atoms with Gasteiger partial charge in [0.25, 0.3) is 0 Å². The molecule has 0 aromatic carbocycles. The van der Waals surface area contributed by atoms with Crippen LogP contribution in [0.15, 0.2) is 0 Å². The molecule has 2 radical (unpaired) electrons. The first kappa shape index (κ1) is 13.0. The van der Waals surface area contributed by atoms with Crippen molar-refractivity contribution < 1.29 is 0 Å². The van der Waals surface area contributed by atoms with Crippen molar-refractivity contribution in [3.63, 3.8) is 0 Å². The molecule has 1 atom stereocenters. The topological polar surface area (TPSA) is 26.0 Å². The Balaban J connectivity index is 2.84. The van der Waals surface area contributed by atoms with Crippen molar-refractivity contribution in [3.8, 4) is 0 Å². The second-order valence-electron chi connectivity index (χ2n) is 4.03. The minimum absolute atomic E-state index is 0.386. The molecule has 0 aromatic rings. The van der Waals surface area contributed by atoms with Crippen LogP contribution < -0.4 is 5.73 Å². The van der Waals surface area contributed by atoms with Gasteiger partial charge in [0, 0.05) is 0 Å². The fourth-order valence-electron chi connectivity index (χ4n) is 1.49. The molecule has 13 heavy (non-hydrogen) atoms. The van der Waals surface area contributed by atoms with Gasteiger partial charge >= 0.3 is 0 Å². The maximum absolute atomic E-state index is 5.66. The third-order valence-electron chi connectivity index (χ3n) is 2.36. The van der Waals surface area contributed by atoms with Crippen LogP contribution in [-0.4, -0.2) is 14.4 Å². The van der Waals surface area contributed by atoms with Crippen LogP contribution in [0, 0.1) is 0 Å². The molecule has 0 spiro atoms. The molecule has 0 aromatic heterocycles. The van der Waals surface area contributed by atoms with Gasteiger partial charge in [-0.2, -0.15) is 0 Å². The van der Waals surface area contributed by atoms with Crippen LogP contribution in [0.5, 0.6) is 0 Å². The van der Waals surface area contributed by atoms with Crippen molar-refractivity contribution >= 4 is 7.85 Å². The lowest BCUT2D eigenvalue weighted by molar-refractivity contribution is 0.567. The van der Waals surface area contributed by atoms with Gasteiger partial charge in [-0.05, 0) is 13.0 Å². The van der Waals surface area contributed by atoms with Gasteiger partial charge in [-0.15, -0.1) is 0 Å². The fourth-order valence-corrected chi connectivity index (χ4v) is 1.49. The Bertz CT molecular complexity index is 94.1. The lowest BCUT2D eigenvalue weighted by Gasteiger charge is -2.04. The normalized spacial score (nSPS) is 13.1. The first-order valence-electron chi connectivity index (χ1n) is 5.73. The van der Waals surface area contributed by atoms with E-state index in [4.69, 9.17) is 13.6 Å². The average molecular weight is 181 g/mol. The zero-order chi connectivity index (χ0) is 9.94. The van der Waals surface area contributed by atoms with Crippen LogP contribution in [0.1, 0.15) is 58.3 Å². The maximum atomic E-state index is 5.66. The lowest BCUT2D eigenvalue weighted by Crippen LogP contribution is -1.97. The molecule has 0 saturated heterocycles. The van der Waals surface area contributed by atoms with E-state index in [2.05, 4.69) is 6.92 Å². The number of hydrogen-bond donors (Lipinski definition) is 1. The zero-order valence-corrected chi connectivity index (χ0v) is 9.10. The van der Waals surface area contributed by atoms with Crippen molar-refractivity contribution in [1.29, 1.82) is 0 Å². The van der Waals surface area contributed by atoms with Gasteiger partial charge in [-0.3, -0.25) is 0 Å². The van der Waals surface area contributed by atoms with Crippen molar-refractivity contribution in [3.05, 3.63) is 0 Å². The Hall–Kier alpha value is 0.0249. The van der Waals surface area contributed by atoms with Crippen LogP contribution in [0.4, 0.5) is 0 Å². The van der Waals surface area contributed by atoms with Gasteiger partial charge in [0.1, 0.15) is 0 Å². The smallest absolute Gasteiger partial charge is 0.0695 e. The second-order valence-corrected chi connectivity index (χ2v) is 4.03. The van der Waals surface area contributed by atoms with E-state index in [1.807, 2.05) is 0 Å². The van der Waals surface area contributed by atoms with E-state index in [0.29, 0.717) is 5.82 Å². The summed E-state index contributed by atoms with van der Waals surface area (Å²) >= 11 is 0.